The van der Waals surface area contributed by atoms with Crippen molar-refractivity contribution < 1.29 is 4.79 Å². The van der Waals surface area contributed by atoms with Crippen LogP contribution in [0.15, 0.2) is 4.79 Å². The van der Waals surface area contributed by atoms with Gasteiger partial charge < -0.3 is 4.98 Å². The average Bonchev–Trinajstić information content (AvgIpc) is 2.57. The van der Waals surface area contributed by atoms with Crippen molar-refractivity contribution in [2.24, 2.45) is 0 Å². The lowest BCUT2D eigenvalue weighted by atomic mass is 9.96. The Kier molecular flexibility index (Phi) is 1.97. The number of thiophene rings is 1. The number of rotatable bonds is 0. The highest BCUT2D eigenvalue weighted by molar-refractivity contribution is 7.20. The summed E-state index contributed by atoms with van der Waals surface area (Å²) >= 11 is 1.36. The van der Waals surface area contributed by atoms with Gasteiger partial charge in [0.15, 0.2) is 5.78 Å². The standard InChI is InChI=1S/C11H10N2O2S/c1-5-12-10(15)8-6-3-2-4-7(14)9(6)16-11(8)13-5/h2-4H2,1H3,(H,12,13,15). The first kappa shape index (κ1) is 9.72. The molecule has 0 spiro atoms. The molecule has 0 amide bonds. The summed E-state index contributed by atoms with van der Waals surface area (Å²) in [5.74, 6) is 0.754. The zero-order valence-electron chi connectivity index (χ0n) is 8.79. The van der Waals surface area contributed by atoms with Gasteiger partial charge in [-0.25, -0.2) is 4.98 Å². The van der Waals surface area contributed by atoms with E-state index in [0.29, 0.717) is 22.5 Å². The smallest absolute Gasteiger partial charge is 0.259 e. The van der Waals surface area contributed by atoms with Gasteiger partial charge in [-0.3, -0.25) is 9.59 Å². The number of Topliss-reactive ketones (excluding diaryl/α,β-unsaturated/α-hetero) is 1. The van der Waals surface area contributed by atoms with Gasteiger partial charge in [0.25, 0.3) is 5.56 Å². The van der Waals surface area contributed by atoms with E-state index in [2.05, 4.69) is 9.97 Å². The predicted octanol–water partition coefficient (Wildman–Crippen LogP) is 1.81. The second-order valence-corrected chi connectivity index (χ2v) is 5.02. The van der Waals surface area contributed by atoms with Crippen molar-refractivity contribution in [3.63, 3.8) is 0 Å². The minimum absolute atomic E-state index is 0.116. The molecule has 0 aromatic carbocycles. The lowest BCUT2D eigenvalue weighted by Crippen LogP contribution is -2.13. The second kappa shape index (κ2) is 3.25. The van der Waals surface area contributed by atoms with Gasteiger partial charge in [-0.05, 0) is 25.3 Å². The van der Waals surface area contributed by atoms with Gasteiger partial charge in [-0.1, -0.05) is 0 Å². The summed E-state index contributed by atoms with van der Waals surface area (Å²) < 4.78 is 0. The number of nitrogens with zero attached hydrogens (tertiary/aromatic N) is 1. The van der Waals surface area contributed by atoms with Gasteiger partial charge in [0.05, 0.1) is 10.3 Å². The van der Waals surface area contributed by atoms with Crippen LogP contribution >= 0.6 is 11.3 Å². The topological polar surface area (TPSA) is 62.8 Å². The van der Waals surface area contributed by atoms with E-state index in [1.54, 1.807) is 6.92 Å². The largest absolute Gasteiger partial charge is 0.310 e. The monoisotopic (exact) mass is 234 g/mol. The molecule has 1 aliphatic rings. The maximum absolute atomic E-state index is 11.8. The first-order chi connectivity index (χ1) is 7.66. The van der Waals surface area contributed by atoms with Gasteiger partial charge in [0, 0.05) is 6.42 Å². The molecule has 82 valence electrons. The third-order valence-electron chi connectivity index (χ3n) is 2.86. The number of aromatic nitrogens is 2. The number of H-pyrrole nitrogens is 1. The summed E-state index contributed by atoms with van der Waals surface area (Å²) in [5.41, 5.74) is 0.791. The third kappa shape index (κ3) is 1.24. The Labute approximate surface area is 95.3 Å². The van der Waals surface area contributed by atoms with Crippen LogP contribution in [-0.2, 0) is 6.42 Å². The Hall–Kier alpha value is -1.49. The minimum atomic E-state index is -0.116. The minimum Gasteiger partial charge on any atom is -0.310 e. The number of hydrogen-bond acceptors (Lipinski definition) is 4. The molecule has 1 aliphatic carbocycles. The number of carbonyl (C=O) groups excluding carboxylic acids is 1. The summed E-state index contributed by atoms with van der Waals surface area (Å²) in [6, 6.07) is 0. The van der Waals surface area contributed by atoms with E-state index in [-0.39, 0.29) is 11.3 Å². The number of hydrogen-bond donors (Lipinski definition) is 1. The maximum atomic E-state index is 11.8. The highest BCUT2D eigenvalue weighted by atomic mass is 32.1. The third-order valence-corrected chi connectivity index (χ3v) is 4.03. The Bertz CT molecular complexity index is 654. The lowest BCUT2D eigenvalue weighted by molar-refractivity contribution is 0.0977. The van der Waals surface area contributed by atoms with Crippen LogP contribution in [0.2, 0.25) is 0 Å². The van der Waals surface area contributed by atoms with Crippen molar-refractivity contribution in [2.45, 2.75) is 26.2 Å². The fourth-order valence-corrected chi connectivity index (χ4v) is 3.41. The van der Waals surface area contributed by atoms with Crippen LogP contribution < -0.4 is 5.56 Å². The SMILES string of the molecule is Cc1nc2sc3c(c2c(=O)[nH]1)CCCC3=O. The molecule has 2 aromatic heterocycles. The van der Waals surface area contributed by atoms with Crippen LogP contribution in [0.1, 0.15) is 33.9 Å². The highest BCUT2D eigenvalue weighted by Gasteiger charge is 2.24. The molecule has 5 heteroatoms. The predicted molar refractivity (Wildman–Crippen MR) is 62.2 cm³/mol. The van der Waals surface area contributed by atoms with Crippen molar-refractivity contribution in [3.05, 3.63) is 26.6 Å². The summed E-state index contributed by atoms with van der Waals surface area (Å²) in [4.78, 5) is 32.0. The van der Waals surface area contributed by atoms with E-state index in [9.17, 15) is 9.59 Å². The molecule has 4 nitrogen and oxygen atoms in total. The van der Waals surface area contributed by atoms with Crippen molar-refractivity contribution in [3.8, 4) is 0 Å². The molecule has 0 saturated heterocycles. The zero-order valence-corrected chi connectivity index (χ0v) is 9.61. The van der Waals surface area contributed by atoms with E-state index in [1.165, 1.54) is 11.3 Å². The molecular weight excluding hydrogens is 224 g/mol. The molecule has 16 heavy (non-hydrogen) atoms. The number of carbonyl (C=O) groups is 1. The van der Waals surface area contributed by atoms with Gasteiger partial charge in [0.1, 0.15) is 10.7 Å². The molecule has 0 atom stereocenters. The maximum Gasteiger partial charge on any atom is 0.259 e. The van der Waals surface area contributed by atoms with E-state index in [1.807, 2.05) is 0 Å². The molecule has 1 N–H and O–H groups in total. The quantitative estimate of drug-likeness (QED) is 0.756. The van der Waals surface area contributed by atoms with Crippen LogP contribution in [0.4, 0.5) is 0 Å². The summed E-state index contributed by atoms with van der Waals surface area (Å²) in [6.45, 7) is 1.75. The first-order valence-electron chi connectivity index (χ1n) is 5.22. The van der Waals surface area contributed by atoms with E-state index in [0.717, 1.165) is 23.3 Å². The number of aryl methyl sites for hydroxylation is 2. The number of nitrogens with one attached hydrogen (secondary N) is 1. The van der Waals surface area contributed by atoms with E-state index < -0.39 is 0 Å². The van der Waals surface area contributed by atoms with Crippen LogP contribution in [0.3, 0.4) is 0 Å². The normalized spacial score (nSPS) is 15.4. The number of aromatic amines is 1. The second-order valence-electron chi connectivity index (χ2n) is 4.02. The Morgan fingerprint density at radius 1 is 1.31 bits per heavy atom. The number of fused-ring (bicyclic) bond motifs is 3. The molecule has 0 bridgehead atoms. The Morgan fingerprint density at radius 3 is 2.94 bits per heavy atom. The number of ketones is 1. The van der Waals surface area contributed by atoms with Crippen LogP contribution in [0, 0.1) is 6.92 Å². The van der Waals surface area contributed by atoms with Crippen LogP contribution in [-0.4, -0.2) is 15.8 Å². The van der Waals surface area contributed by atoms with Gasteiger partial charge in [-0.15, -0.1) is 11.3 Å². The van der Waals surface area contributed by atoms with Gasteiger partial charge >= 0.3 is 0 Å². The van der Waals surface area contributed by atoms with Crippen LogP contribution in [0.25, 0.3) is 10.2 Å². The molecule has 2 aromatic rings. The molecular formula is C11H10N2O2S. The molecule has 2 heterocycles. The summed E-state index contributed by atoms with van der Waals surface area (Å²) in [7, 11) is 0. The fourth-order valence-electron chi connectivity index (χ4n) is 2.17. The van der Waals surface area contributed by atoms with Crippen molar-refractivity contribution in [1.82, 2.24) is 9.97 Å². The van der Waals surface area contributed by atoms with E-state index >= 15 is 0 Å². The van der Waals surface area contributed by atoms with Crippen molar-refractivity contribution in [1.29, 1.82) is 0 Å². The highest BCUT2D eigenvalue weighted by Crippen LogP contribution is 2.33. The fraction of sp³-hybridized carbons (Fsp3) is 0.364. The molecule has 0 fully saturated rings. The zero-order chi connectivity index (χ0) is 11.3. The molecule has 0 radical (unpaired) electrons. The molecule has 0 aliphatic heterocycles. The molecule has 0 saturated carbocycles. The molecule has 3 rings (SSSR count). The van der Waals surface area contributed by atoms with Crippen molar-refractivity contribution in [2.75, 3.05) is 0 Å². The Balaban J connectivity index is 2.45. The summed E-state index contributed by atoms with van der Waals surface area (Å²) in [6.07, 6.45) is 2.25. The van der Waals surface area contributed by atoms with E-state index in [4.69, 9.17) is 0 Å². The summed E-state index contributed by atoms with van der Waals surface area (Å²) in [5, 5.41) is 0.624. The first-order valence-corrected chi connectivity index (χ1v) is 6.04. The molecule has 0 unspecified atom stereocenters. The van der Waals surface area contributed by atoms with Crippen molar-refractivity contribution >= 4 is 27.3 Å². The lowest BCUT2D eigenvalue weighted by Gasteiger charge is -2.08. The van der Waals surface area contributed by atoms with Crippen LogP contribution in [0.5, 0.6) is 0 Å². The average molecular weight is 234 g/mol. The Morgan fingerprint density at radius 2 is 2.12 bits per heavy atom. The van der Waals surface area contributed by atoms with Gasteiger partial charge in [-0.2, -0.15) is 0 Å². The van der Waals surface area contributed by atoms with Gasteiger partial charge in [0.2, 0.25) is 0 Å².